The number of nitro benzene ring substituents is 1. The number of benzene rings is 2. The van der Waals surface area contributed by atoms with Crippen molar-refractivity contribution in [1.29, 1.82) is 0 Å². The summed E-state index contributed by atoms with van der Waals surface area (Å²) < 4.78 is 24.2. The first-order chi connectivity index (χ1) is 11.0. The second-order valence-electron chi connectivity index (χ2n) is 4.78. The van der Waals surface area contributed by atoms with Crippen LogP contribution in [0.25, 0.3) is 0 Å². The molecule has 8 heteroatoms. The van der Waals surface area contributed by atoms with Crippen LogP contribution in [0.15, 0.2) is 42.5 Å². The molecule has 0 aromatic heterocycles. The number of hydrogen-bond donors (Lipinski definition) is 1. The molecule has 0 spiro atoms. The van der Waals surface area contributed by atoms with Crippen LogP contribution in [-0.2, 0) is 4.79 Å². The van der Waals surface area contributed by atoms with Crippen LogP contribution in [-0.4, -0.2) is 23.5 Å². The molecule has 1 heterocycles. The Morgan fingerprint density at radius 3 is 2.74 bits per heavy atom. The number of fused-ring (bicyclic) bond motifs is 1. The molecular weight excluding hydrogens is 307 g/mol. The van der Waals surface area contributed by atoms with E-state index >= 15 is 0 Å². The van der Waals surface area contributed by atoms with E-state index in [4.69, 9.17) is 9.47 Å². The van der Waals surface area contributed by atoms with E-state index in [1.165, 1.54) is 6.07 Å². The summed E-state index contributed by atoms with van der Waals surface area (Å²) in [6, 6.07) is 10.0. The molecule has 0 fully saturated rings. The first-order valence-electron chi connectivity index (χ1n) is 6.68. The fourth-order valence-electron chi connectivity index (χ4n) is 2.10. The van der Waals surface area contributed by atoms with Crippen LogP contribution in [0, 0.1) is 15.9 Å². The van der Waals surface area contributed by atoms with Crippen molar-refractivity contribution in [3.63, 3.8) is 0 Å². The quantitative estimate of drug-likeness (QED) is 0.693. The van der Waals surface area contributed by atoms with Gasteiger partial charge in [0.2, 0.25) is 11.9 Å². The maximum Gasteiger partial charge on any atom is 0.306 e. The van der Waals surface area contributed by atoms with E-state index in [1.807, 2.05) is 0 Å². The smallest absolute Gasteiger partial charge is 0.306 e. The molecule has 0 bridgehead atoms. The number of nitrogens with zero attached hydrogens (tertiary/aromatic N) is 1. The molecule has 23 heavy (non-hydrogen) atoms. The van der Waals surface area contributed by atoms with Crippen LogP contribution in [0.3, 0.4) is 0 Å². The number of rotatable bonds is 3. The van der Waals surface area contributed by atoms with Gasteiger partial charge in [-0.25, -0.2) is 0 Å². The second-order valence-corrected chi connectivity index (χ2v) is 4.78. The number of nitrogens with one attached hydrogen (secondary N) is 1. The molecule has 0 saturated carbocycles. The Morgan fingerprint density at radius 2 is 2.00 bits per heavy atom. The van der Waals surface area contributed by atoms with Gasteiger partial charge in [0.25, 0.3) is 5.91 Å². The van der Waals surface area contributed by atoms with Crippen molar-refractivity contribution in [1.82, 2.24) is 0 Å². The number of carbonyl (C=O) groups excluding carboxylic acids is 1. The van der Waals surface area contributed by atoms with Gasteiger partial charge in [0.1, 0.15) is 6.61 Å². The molecular formula is C15H11FN2O5. The third kappa shape index (κ3) is 3.05. The highest BCUT2D eigenvalue weighted by Crippen LogP contribution is 2.31. The van der Waals surface area contributed by atoms with Gasteiger partial charge in [0.05, 0.1) is 4.92 Å². The highest BCUT2D eigenvalue weighted by Gasteiger charge is 2.27. The van der Waals surface area contributed by atoms with Crippen LogP contribution >= 0.6 is 0 Å². The van der Waals surface area contributed by atoms with E-state index in [0.29, 0.717) is 11.5 Å². The summed E-state index contributed by atoms with van der Waals surface area (Å²) in [4.78, 5) is 22.0. The summed E-state index contributed by atoms with van der Waals surface area (Å²) in [6.07, 6.45) is -0.908. The first kappa shape index (κ1) is 14.8. The van der Waals surface area contributed by atoms with Gasteiger partial charge < -0.3 is 14.8 Å². The molecule has 1 amide bonds. The van der Waals surface area contributed by atoms with E-state index in [1.54, 1.807) is 24.3 Å². The summed E-state index contributed by atoms with van der Waals surface area (Å²) >= 11 is 0. The molecule has 2 aromatic carbocycles. The van der Waals surface area contributed by atoms with Crippen molar-refractivity contribution < 1.29 is 23.6 Å². The van der Waals surface area contributed by atoms with Crippen molar-refractivity contribution in [3.05, 3.63) is 58.4 Å². The lowest BCUT2D eigenvalue weighted by molar-refractivity contribution is -0.387. The second kappa shape index (κ2) is 5.91. The summed E-state index contributed by atoms with van der Waals surface area (Å²) in [5.41, 5.74) is -0.612. The molecule has 1 N–H and O–H groups in total. The average molecular weight is 318 g/mol. The Kier molecular flexibility index (Phi) is 3.80. The minimum atomic E-state index is -0.973. The first-order valence-corrected chi connectivity index (χ1v) is 6.68. The van der Waals surface area contributed by atoms with Gasteiger partial charge in [0.15, 0.2) is 11.5 Å². The fourth-order valence-corrected chi connectivity index (χ4v) is 2.10. The lowest BCUT2D eigenvalue weighted by Gasteiger charge is -2.25. The predicted molar refractivity (Wildman–Crippen MR) is 78.0 cm³/mol. The van der Waals surface area contributed by atoms with Gasteiger partial charge in [-0.2, -0.15) is 4.39 Å². The molecule has 1 aliphatic rings. The van der Waals surface area contributed by atoms with Crippen molar-refractivity contribution in [2.75, 3.05) is 11.9 Å². The maximum atomic E-state index is 13.3. The molecule has 0 aliphatic carbocycles. The van der Waals surface area contributed by atoms with E-state index in [0.717, 1.165) is 12.1 Å². The van der Waals surface area contributed by atoms with E-state index in [-0.39, 0.29) is 12.3 Å². The van der Waals surface area contributed by atoms with Gasteiger partial charge in [0, 0.05) is 11.8 Å². The number of carbonyl (C=O) groups is 1. The van der Waals surface area contributed by atoms with Crippen molar-refractivity contribution in [2.24, 2.45) is 0 Å². The normalized spacial score (nSPS) is 15.8. The fraction of sp³-hybridized carbons (Fsp3) is 0.133. The topological polar surface area (TPSA) is 90.7 Å². The van der Waals surface area contributed by atoms with E-state index in [2.05, 4.69) is 5.32 Å². The summed E-state index contributed by atoms with van der Waals surface area (Å²) in [5.74, 6) is -0.544. The Labute approximate surface area is 129 Å². The highest BCUT2D eigenvalue weighted by molar-refractivity contribution is 5.95. The minimum Gasteiger partial charge on any atom is -0.485 e. The molecule has 3 rings (SSSR count). The van der Waals surface area contributed by atoms with Crippen LogP contribution in [0.5, 0.6) is 11.5 Å². The van der Waals surface area contributed by atoms with Crippen molar-refractivity contribution >= 4 is 17.3 Å². The van der Waals surface area contributed by atoms with Crippen molar-refractivity contribution in [3.8, 4) is 11.5 Å². The van der Waals surface area contributed by atoms with Crippen LogP contribution in [0.2, 0.25) is 0 Å². The van der Waals surface area contributed by atoms with E-state index in [9.17, 15) is 19.3 Å². The molecule has 118 valence electrons. The molecule has 1 atom stereocenters. The number of anilines is 1. The number of nitro groups is 1. The Morgan fingerprint density at radius 1 is 1.26 bits per heavy atom. The van der Waals surface area contributed by atoms with Crippen LogP contribution in [0.1, 0.15) is 0 Å². The molecule has 1 unspecified atom stereocenters. The Hall–Kier alpha value is -3.16. The van der Waals surface area contributed by atoms with Gasteiger partial charge in [-0.1, -0.05) is 12.1 Å². The molecule has 7 nitrogen and oxygen atoms in total. The van der Waals surface area contributed by atoms with Crippen LogP contribution in [0.4, 0.5) is 15.8 Å². The van der Waals surface area contributed by atoms with Gasteiger partial charge in [-0.15, -0.1) is 0 Å². The molecule has 0 saturated heterocycles. The van der Waals surface area contributed by atoms with Gasteiger partial charge >= 0.3 is 5.69 Å². The third-order valence-corrected chi connectivity index (χ3v) is 3.21. The van der Waals surface area contributed by atoms with Crippen molar-refractivity contribution in [2.45, 2.75) is 6.10 Å². The minimum absolute atomic E-state index is 0.00609. The zero-order valence-electron chi connectivity index (χ0n) is 11.7. The number of amides is 1. The van der Waals surface area contributed by atoms with E-state index < -0.39 is 28.4 Å². The highest BCUT2D eigenvalue weighted by atomic mass is 19.1. The molecule has 1 aliphatic heterocycles. The predicted octanol–water partition coefficient (Wildman–Crippen LogP) is 2.51. The SMILES string of the molecule is O=C(Nc1ccc(F)c([N+](=O)[O-])c1)C1COc2ccccc2O1. The molecule has 2 aromatic rings. The standard InChI is InChI=1S/C15H11FN2O5/c16-10-6-5-9(7-11(10)18(20)21)17-15(19)14-8-22-12-3-1-2-4-13(12)23-14/h1-7,14H,8H2,(H,17,19). The van der Waals surface area contributed by atoms with Gasteiger partial charge in [-0.05, 0) is 24.3 Å². The summed E-state index contributed by atoms with van der Waals surface area (Å²) in [5, 5.41) is 13.2. The van der Waals surface area contributed by atoms with Crippen LogP contribution < -0.4 is 14.8 Å². The third-order valence-electron chi connectivity index (χ3n) is 3.21. The van der Waals surface area contributed by atoms with Gasteiger partial charge in [-0.3, -0.25) is 14.9 Å². The zero-order valence-corrected chi connectivity index (χ0v) is 11.7. The summed E-state index contributed by atoms with van der Waals surface area (Å²) in [6.45, 7) is 0.00609. The Balaban J connectivity index is 1.73. The largest absolute Gasteiger partial charge is 0.485 e. The number of para-hydroxylation sites is 2. The number of ether oxygens (including phenoxy) is 2. The lowest BCUT2D eigenvalue weighted by atomic mass is 10.2. The number of hydrogen-bond acceptors (Lipinski definition) is 5. The lowest BCUT2D eigenvalue weighted by Crippen LogP contribution is -2.40. The Bertz CT molecular complexity index is 780. The monoisotopic (exact) mass is 318 g/mol. The average Bonchev–Trinajstić information content (AvgIpc) is 2.55. The molecule has 0 radical (unpaired) electrons. The zero-order chi connectivity index (χ0) is 16.4. The summed E-state index contributed by atoms with van der Waals surface area (Å²) in [7, 11) is 0. The number of halogens is 1. The maximum absolute atomic E-state index is 13.3.